The zero-order chi connectivity index (χ0) is 22.6. The number of phenolic OH excluding ortho intramolecular Hbond substituents is 1. The molecule has 0 heterocycles. The van der Waals surface area contributed by atoms with Crippen LogP contribution in [0.5, 0.6) is 5.75 Å². The van der Waals surface area contributed by atoms with Crippen molar-refractivity contribution in [1.82, 2.24) is 5.32 Å². The van der Waals surface area contributed by atoms with Crippen LogP contribution in [-0.2, 0) is 10.0 Å². The number of carbonyl (C=O) groups is 1. The maximum atomic E-state index is 12.7. The molecule has 10 nitrogen and oxygen atoms in total. The Hall–Kier alpha value is -3.05. The lowest BCUT2D eigenvalue weighted by atomic mass is 9.96. The van der Waals surface area contributed by atoms with Gasteiger partial charge in [0.2, 0.25) is 0 Å². The third kappa shape index (κ3) is 5.56. The molecule has 1 fully saturated rings. The van der Waals surface area contributed by atoms with Crippen molar-refractivity contribution in [2.24, 2.45) is 0 Å². The number of phenols is 1. The molecule has 2 aromatic rings. The van der Waals surface area contributed by atoms with Crippen molar-refractivity contribution in [3.05, 3.63) is 51.5 Å². The Morgan fingerprint density at radius 3 is 2.52 bits per heavy atom. The number of nitro groups is 1. The first-order valence-corrected chi connectivity index (χ1v) is 11.4. The lowest BCUT2D eigenvalue weighted by Crippen LogP contribution is -2.39. The van der Waals surface area contributed by atoms with Crippen molar-refractivity contribution < 1.29 is 23.2 Å². The number of rotatable bonds is 6. The average molecular weight is 469 g/mol. The third-order valence-corrected chi connectivity index (χ3v) is 6.56. The van der Waals surface area contributed by atoms with Crippen molar-refractivity contribution in [2.75, 3.05) is 10.0 Å². The van der Waals surface area contributed by atoms with E-state index in [9.17, 15) is 28.4 Å². The number of benzene rings is 2. The van der Waals surface area contributed by atoms with Crippen LogP contribution in [0.3, 0.4) is 0 Å². The summed E-state index contributed by atoms with van der Waals surface area (Å²) < 4.78 is 27.5. The zero-order valence-corrected chi connectivity index (χ0v) is 17.9. The van der Waals surface area contributed by atoms with Crippen LogP contribution >= 0.6 is 11.6 Å². The molecule has 166 valence electrons. The van der Waals surface area contributed by atoms with Gasteiger partial charge < -0.3 is 15.7 Å². The standard InChI is InChI=1S/C19H21ClN4O6S/c20-14-10-13(22-19(26)21-12-6-2-1-3-7-12)11-15(18(14)25)23-31(29,30)17-9-5-4-8-16(17)24(27)28/h4-5,8-12,23,25H,1-3,6-7H2,(H2,21,22,26). The molecule has 0 bridgehead atoms. The molecular formula is C19H21ClN4O6S. The summed E-state index contributed by atoms with van der Waals surface area (Å²) in [5.41, 5.74) is -0.822. The Balaban J connectivity index is 1.82. The van der Waals surface area contributed by atoms with Crippen LogP contribution in [0.15, 0.2) is 41.3 Å². The number of halogens is 1. The molecule has 0 unspecified atom stereocenters. The first kappa shape index (κ1) is 22.6. The Kier molecular flexibility index (Phi) is 6.86. The molecule has 0 spiro atoms. The van der Waals surface area contributed by atoms with E-state index in [1.54, 1.807) is 0 Å². The molecule has 31 heavy (non-hydrogen) atoms. The summed E-state index contributed by atoms with van der Waals surface area (Å²) in [6.45, 7) is 0. The maximum Gasteiger partial charge on any atom is 0.319 e. The minimum absolute atomic E-state index is 0.0536. The lowest BCUT2D eigenvalue weighted by Gasteiger charge is -2.23. The van der Waals surface area contributed by atoms with Gasteiger partial charge in [-0.2, -0.15) is 0 Å². The largest absolute Gasteiger partial charge is 0.504 e. The van der Waals surface area contributed by atoms with Crippen LogP contribution in [0.25, 0.3) is 0 Å². The molecule has 12 heteroatoms. The van der Waals surface area contributed by atoms with Gasteiger partial charge in [0.1, 0.15) is 0 Å². The highest BCUT2D eigenvalue weighted by Crippen LogP contribution is 2.37. The topological polar surface area (TPSA) is 151 Å². The predicted molar refractivity (Wildman–Crippen MR) is 116 cm³/mol. The zero-order valence-electron chi connectivity index (χ0n) is 16.3. The summed E-state index contributed by atoms with van der Waals surface area (Å²) >= 11 is 5.99. The molecule has 4 N–H and O–H groups in total. The van der Waals surface area contributed by atoms with Gasteiger partial charge >= 0.3 is 6.03 Å². The highest BCUT2D eigenvalue weighted by molar-refractivity contribution is 7.92. The minimum atomic E-state index is -4.43. The molecule has 2 amide bonds. The summed E-state index contributed by atoms with van der Waals surface area (Å²) in [4.78, 5) is 22.0. The van der Waals surface area contributed by atoms with Crippen molar-refractivity contribution in [1.29, 1.82) is 0 Å². The molecule has 0 aliphatic heterocycles. The number of anilines is 2. The van der Waals surface area contributed by atoms with Crippen molar-refractivity contribution in [3.63, 3.8) is 0 Å². The van der Waals surface area contributed by atoms with E-state index < -0.39 is 37.3 Å². The van der Waals surface area contributed by atoms with Gasteiger partial charge in [-0.05, 0) is 31.0 Å². The van der Waals surface area contributed by atoms with E-state index in [4.69, 9.17) is 11.6 Å². The number of aromatic hydroxyl groups is 1. The maximum absolute atomic E-state index is 12.7. The normalized spacial score (nSPS) is 14.6. The molecular weight excluding hydrogens is 448 g/mol. The Morgan fingerprint density at radius 2 is 1.84 bits per heavy atom. The third-order valence-electron chi connectivity index (χ3n) is 4.86. The summed E-state index contributed by atoms with van der Waals surface area (Å²) in [5.74, 6) is -0.581. The van der Waals surface area contributed by atoms with Gasteiger partial charge in [-0.3, -0.25) is 14.8 Å². The Labute approximate surface area is 183 Å². The Bertz CT molecular complexity index is 1100. The smallest absolute Gasteiger partial charge is 0.319 e. The number of amides is 2. The fourth-order valence-corrected chi connectivity index (χ4v) is 4.83. The highest BCUT2D eigenvalue weighted by Gasteiger charge is 2.27. The van der Waals surface area contributed by atoms with Crippen LogP contribution in [0, 0.1) is 10.1 Å². The summed E-state index contributed by atoms with van der Waals surface area (Å²) in [6, 6.07) is 6.80. The number of hydrogen-bond acceptors (Lipinski definition) is 6. The minimum Gasteiger partial charge on any atom is -0.504 e. The molecule has 2 aromatic carbocycles. The molecule has 1 saturated carbocycles. The van der Waals surface area contributed by atoms with E-state index in [-0.39, 0.29) is 22.4 Å². The monoisotopic (exact) mass is 468 g/mol. The van der Waals surface area contributed by atoms with E-state index in [1.807, 2.05) is 0 Å². The SMILES string of the molecule is O=C(Nc1cc(Cl)c(O)c(NS(=O)(=O)c2ccccc2[N+](=O)[O-])c1)NC1CCCCC1. The first-order valence-electron chi connectivity index (χ1n) is 9.53. The number of nitrogens with zero attached hydrogens (tertiary/aromatic N) is 1. The second-order valence-corrected chi connectivity index (χ2v) is 9.18. The summed E-state index contributed by atoms with van der Waals surface area (Å²) in [6.07, 6.45) is 4.97. The number of urea groups is 1. The van der Waals surface area contributed by atoms with Gasteiger partial charge in [0.15, 0.2) is 10.6 Å². The van der Waals surface area contributed by atoms with Gasteiger partial charge in [0, 0.05) is 17.8 Å². The molecule has 1 aliphatic carbocycles. The van der Waals surface area contributed by atoms with Crippen LogP contribution in [0.1, 0.15) is 32.1 Å². The van der Waals surface area contributed by atoms with Crippen molar-refractivity contribution >= 4 is 44.7 Å². The molecule has 0 atom stereocenters. The number of para-hydroxylation sites is 1. The molecule has 0 aromatic heterocycles. The van der Waals surface area contributed by atoms with Gasteiger partial charge in [0.05, 0.1) is 15.6 Å². The quantitative estimate of drug-likeness (QED) is 0.216. The van der Waals surface area contributed by atoms with E-state index in [2.05, 4.69) is 15.4 Å². The lowest BCUT2D eigenvalue weighted by molar-refractivity contribution is -0.387. The fourth-order valence-electron chi connectivity index (χ4n) is 3.38. The van der Waals surface area contributed by atoms with Crippen LogP contribution < -0.4 is 15.4 Å². The summed E-state index contributed by atoms with van der Waals surface area (Å²) in [7, 11) is -4.43. The van der Waals surface area contributed by atoms with Crippen LogP contribution in [0.2, 0.25) is 5.02 Å². The second kappa shape index (κ2) is 9.40. The average Bonchev–Trinajstić information content (AvgIpc) is 2.72. The van der Waals surface area contributed by atoms with Gasteiger partial charge in [-0.1, -0.05) is 43.0 Å². The van der Waals surface area contributed by atoms with E-state index in [0.29, 0.717) is 0 Å². The predicted octanol–water partition coefficient (Wildman–Crippen LogP) is 4.21. The van der Waals surface area contributed by atoms with E-state index in [1.165, 1.54) is 24.3 Å². The molecule has 1 aliphatic rings. The number of carbonyl (C=O) groups excluding carboxylic acids is 1. The molecule has 0 radical (unpaired) electrons. The van der Waals surface area contributed by atoms with Crippen LogP contribution in [-0.4, -0.2) is 30.5 Å². The van der Waals surface area contributed by atoms with E-state index >= 15 is 0 Å². The van der Waals surface area contributed by atoms with Crippen molar-refractivity contribution in [3.8, 4) is 5.75 Å². The Morgan fingerprint density at radius 1 is 1.16 bits per heavy atom. The summed E-state index contributed by atoms with van der Waals surface area (Å²) in [5, 5.41) is 26.6. The highest BCUT2D eigenvalue weighted by atomic mass is 35.5. The van der Waals surface area contributed by atoms with Crippen LogP contribution in [0.4, 0.5) is 21.9 Å². The van der Waals surface area contributed by atoms with Gasteiger partial charge in [0.25, 0.3) is 15.7 Å². The number of sulfonamides is 1. The molecule has 0 saturated heterocycles. The van der Waals surface area contributed by atoms with E-state index in [0.717, 1.165) is 44.2 Å². The first-order chi connectivity index (χ1) is 14.7. The number of hydrogen-bond donors (Lipinski definition) is 4. The molecule has 3 rings (SSSR count). The van der Waals surface area contributed by atoms with Gasteiger partial charge in [-0.15, -0.1) is 0 Å². The van der Waals surface area contributed by atoms with Crippen molar-refractivity contribution in [2.45, 2.75) is 43.0 Å². The fraction of sp³-hybridized carbons (Fsp3) is 0.316. The second-order valence-electron chi connectivity index (χ2n) is 7.12. The number of nitrogens with one attached hydrogen (secondary N) is 3. The number of nitro benzene ring substituents is 1. The van der Waals surface area contributed by atoms with Gasteiger partial charge in [-0.25, -0.2) is 13.2 Å².